The molecule has 1 saturated heterocycles. The fraction of sp³-hybridized carbons (Fsp3) is 0.600. The minimum absolute atomic E-state index is 0.736. The van der Waals surface area contributed by atoms with Crippen LogP contribution in [0.4, 0.5) is 0 Å². The smallest absolute Gasteiger partial charge is 0.137 e. The average molecular weight is 268 g/mol. The SMILES string of the molecule is CCc1ccc(OCCC2CCNCC2)c(Cl)c1. The van der Waals surface area contributed by atoms with Crippen LogP contribution < -0.4 is 10.1 Å². The summed E-state index contributed by atoms with van der Waals surface area (Å²) in [5, 5.41) is 4.12. The molecule has 1 aliphatic heterocycles. The standard InChI is InChI=1S/C15H22ClNO/c1-2-12-3-4-15(14(16)11-12)18-10-7-13-5-8-17-9-6-13/h3-4,11,13,17H,2,5-10H2,1H3. The van der Waals surface area contributed by atoms with E-state index in [1.165, 1.54) is 18.4 Å². The Labute approximate surface area is 115 Å². The fourth-order valence-corrected chi connectivity index (χ4v) is 2.64. The van der Waals surface area contributed by atoms with Crippen molar-refractivity contribution in [2.24, 2.45) is 5.92 Å². The first-order chi connectivity index (χ1) is 8.79. The first-order valence-electron chi connectivity index (χ1n) is 6.91. The van der Waals surface area contributed by atoms with Crippen LogP contribution in [0.15, 0.2) is 18.2 Å². The molecule has 3 heteroatoms. The number of hydrogen-bond donors (Lipinski definition) is 1. The molecule has 1 aromatic rings. The van der Waals surface area contributed by atoms with E-state index in [0.29, 0.717) is 0 Å². The Balaban J connectivity index is 1.79. The van der Waals surface area contributed by atoms with E-state index in [2.05, 4.69) is 18.3 Å². The van der Waals surface area contributed by atoms with Crippen molar-refractivity contribution in [2.45, 2.75) is 32.6 Å². The predicted molar refractivity (Wildman–Crippen MR) is 76.5 cm³/mol. The second kappa shape index (κ2) is 7.01. The van der Waals surface area contributed by atoms with Crippen LogP contribution in [0, 0.1) is 5.92 Å². The van der Waals surface area contributed by atoms with Crippen molar-refractivity contribution in [2.75, 3.05) is 19.7 Å². The summed E-state index contributed by atoms with van der Waals surface area (Å²) in [6, 6.07) is 6.08. The Morgan fingerprint density at radius 3 is 2.78 bits per heavy atom. The lowest BCUT2D eigenvalue weighted by molar-refractivity contribution is 0.252. The van der Waals surface area contributed by atoms with Crippen LogP contribution >= 0.6 is 11.6 Å². The molecule has 1 aromatic carbocycles. The molecule has 1 heterocycles. The number of benzene rings is 1. The highest BCUT2D eigenvalue weighted by Crippen LogP contribution is 2.26. The molecule has 0 unspecified atom stereocenters. The number of rotatable bonds is 5. The van der Waals surface area contributed by atoms with Crippen molar-refractivity contribution in [3.63, 3.8) is 0 Å². The second-order valence-corrected chi connectivity index (χ2v) is 5.36. The lowest BCUT2D eigenvalue weighted by Crippen LogP contribution is -2.28. The normalized spacial score (nSPS) is 16.8. The van der Waals surface area contributed by atoms with E-state index >= 15 is 0 Å². The maximum absolute atomic E-state index is 6.19. The number of piperidine rings is 1. The summed E-state index contributed by atoms with van der Waals surface area (Å²) in [7, 11) is 0. The second-order valence-electron chi connectivity index (χ2n) is 4.95. The van der Waals surface area contributed by atoms with Gasteiger partial charge in [0, 0.05) is 0 Å². The van der Waals surface area contributed by atoms with Crippen molar-refractivity contribution >= 4 is 11.6 Å². The molecule has 0 radical (unpaired) electrons. The minimum Gasteiger partial charge on any atom is -0.492 e. The molecule has 1 aliphatic rings. The first-order valence-corrected chi connectivity index (χ1v) is 7.29. The predicted octanol–water partition coefficient (Wildman–Crippen LogP) is 3.67. The van der Waals surface area contributed by atoms with Crippen LogP contribution in [-0.2, 0) is 6.42 Å². The van der Waals surface area contributed by atoms with Gasteiger partial charge in [0.15, 0.2) is 0 Å². The highest BCUT2D eigenvalue weighted by Gasteiger charge is 2.13. The monoisotopic (exact) mass is 267 g/mol. The molecule has 18 heavy (non-hydrogen) atoms. The quantitative estimate of drug-likeness (QED) is 0.879. The van der Waals surface area contributed by atoms with Crippen LogP contribution in [0.3, 0.4) is 0 Å². The third-order valence-corrected chi connectivity index (χ3v) is 3.94. The van der Waals surface area contributed by atoms with Gasteiger partial charge in [-0.15, -0.1) is 0 Å². The van der Waals surface area contributed by atoms with E-state index in [-0.39, 0.29) is 0 Å². The highest BCUT2D eigenvalue weighted by molar-refractivity contribution is 6.32. The van der Waals surface area contributed by atoms with E-state index in [1.807, 2.05) is 12.1 Å². The molecule has 0 amide bonds. The van der Waals surface area contributed by atoms with Crippen molar-refractivity contribution in [3.05, 3.63) is 28.8 Å². The van der Waals surface area contributed by atoms with Crippen molar-refractivity contribution < 1.29 is 4.74 Å². The van der Waals surface area contributed by atoms with Gasteiger partial charge in [-0.05, 0) is 62.4 Å². The van der Waals surface area contributed by atoms with Gasteiger partial charge in [0.05, 0.1) is 11.6 Å². The number of nitrogens with one attached hydrogen (secondary N) is 1. The molecule has 100 valence electrons. The van der Waals surface area contributed by atoms with Crippen LogP contribution in [0.5, 0.6) is 5.75 Å². The number of ether oxygens (including phenoxy) is 1. The van der Waals surface area contributed by atoms with Gasteiger partial charge in [-0.3, -0.25) is 0 Å². The number of halogens is 1. The van der Waals surface area contributed by atoms with Crippen LogP contribution in [0.25, 0.3) is 0 Å². The molecule has 1 N–H and O–H groups in total. The number of aryl methyl sites for hydroxylation is 1. The summed E-state index contributed by atoms with van der Waals surface area (Å²) in [5.74, 6) is 1.63. The Hall–Kier alpha value is -0.730. The Kier molecular flexibility index (Phi) is 5.33. The Bertz CT molecular complexity index is 375. The maximum Gasteiger partial charge on any atom is 0.137 e. The molecular formula is C15H22ClNO. The Morgan fingerprint density at radius 2 is 2.11 bits per heavy atom. The largest absolute Gasteiger partial charge is 0.492 e. The highest BCUT2D eigenvalue weighted by atomic mass is 35.5. The topological polar surface area (TPSA) is 21.3 Å². The van der Waals surface area contributed by atoms with E-state index < -0.39 is 0 Å². The molecule has 0 saturated carbocycles. The number of hydrogen-bond acceptors (Lipinski definition) is 2. The van der Waals surface area contributed by atoms with E-state index in [4.69, 9.17) is 16.3 Å². The van der Waals surface area contributed by atoms with E-state index in [9.17, 15) is 0 Å². The van der Waals surface area contributed by atoms with Gasteiger partial charge < -0.3 is 10.1 Å². The molecule has 0 aliphatic carbocycles. The van der Waals surface area contributed by atoms with Gasteiger partial charge in [-0.2, -0.15) is 0 Å². The van der Waals surface area contributed by atoms with E-state index in [1.54, 1.807) is 0 Å². The van der Waals surface area contributed by atoms with Crippen molar-refractivity contribution in [1.82, 2.24) is 5.32 Å². The van der Waals surface area contributed by atoms with Gasteiger partial charge >= 0.3 is 0 Å². The molecule has 2 rings (SSSR count). The van der Waals surface area contributed by atoms with Crippen molar-refractivity contribution in [1.29, 1.82) is 0 Å². The molecule has 2 nitrogen and oxygen atoms in total. The molecule has 1 fully saturated rings. The van der Waals surface area contributed by atoms with Gasteiger partial charge in [-0.25, -0.2) is 0 Å². The molecule has 0 spiro atoms. The summed E-state index contributed by atoms with van der Waals surface area (Å²) in [6.07, 6.45) is 4.68. The van der Waals surface area contributed by atoms with Crippen LogP contribution in [0.1, 0.15) is 31.7 Å². The lowest BCUT2D eigenvalue weighted by atomic mass is 9.95. The third kappa shape index (κ3) is 3.89. The van der Waals surface area contributed by atoms with Crippen LogP contribution in [-0.4, -0.2) is 19.7 Å². The lowest BCUT2D eigenvalue weighted by Gasteiger charge is -2.22. The molecule has 0 aromatic heterocycles. The minimum atomic E-state index is 0.736. The average Bonchev–Trinajstić information content (AvgIpc) is 2.42. The zero-order valence-electron chi connectivity index (χ0n) is 11.0. The van der Waals surface area contributed by atoms with Crippen molar-refractivity contribution in [3.8, 4) is 5.75 Å². The molecule has 0 bridgehead atoms. The summed E-state index contributed by atoms with van der Waals surface area (Å²) in [6.45, 7) is 5.20. The molecule has 0 atom stereocenters. The van der Waals surface area contributed by atoms with Gasteiger partial charge in [0.25, 0.3) is 0 Å². The summed E-state index contributed by atoms with van der Waals surface area (Å²) < 4.78 is 5.79. The van der Waals surface area contributed by atoms with Gasteiger partial charge in [0.1, 0.15) is 5.75 Å². The van der Waals surface area contributed by atoms with Crippen LogP contribution in [0.2, 0.25) is 5.02 Å². The summed E-state index contributed by atoms with van der Waals surface area (Å²) in [4.78, 5) is 0. The molecular weight excluding hydrogens is 246 g/mol. The zero-order valence-corrected chi connectivity index (χ0v) is 11.8. The Morgan fingerprint density at radius 1 is 1.33 bits per heavy atom. The van der Waals surface area contributed by atoms with Gasteiger partial charge in [0.2, 0.25) is 0 Å². The van der Waals surface area contributed by atoms with Gasteiger partial charge in [-0.1, -0.05) is 24.6 Å². The third-order valence-electron chi connectivity index (χ3n) is 3.65. The van der Waals surface area contributed by atoms with E-state index in [0.717, 1.165) is 49.2 Å². The summed E-state index contributed by atoms with van der Waals surface area (Å²) >= 11 is 6.19. The summed E-state index contributed by atoms with van der Waals surface area (Å²) in [5.41, 5.74) is 1.26. The first kappa shape index (κ1) is 13.7. The maximum atomic E-state index is 6.19. The zero-order chi connectivity index (χ0) is 12.8. The fourth-order valence-electron chi connectivity index (χ4n) is 2.39.